The van der Waals surface area contributed by atoms with Gasteiger partial charge in [-0.05, 0) is 41.7 Å². The summed E-state index contributed by atoms with van der Waals surface area (Å²) in [5, 5.41) is 6.08. The Labute approximate surface area is 159 Å². The van der Waals surface area contributed by atoms with Crippen molar-refractivity contribution in [2.45, 2.75) is 33.2 Å². The Morgan fingerprint density at radius 1 is 1.00 bits per heavy atom. The summed E-state index contributed by atoms with van der Waals surface area (Å²) in [4.78, 5) is 20.8. The molecule has 0 aliphatic heterocycles. The highest BCUT2D eigenvalue weighted by atomic mass is 16.1. The third-order valence-corrected chi connectivity index (χ3v) is 4.43. The fourth-order valence-corrected chi connectivity index (χ4v) is 2.68. The lowest BCUT2D eigenvalue weighted by Crippen LogP contribution is -2.24. The molecule has 0 radical (unpaired) electrons. The van der Waals surface area contributed by atoms with Crippen molar-refractivity contribution in [3.63, 3.8) is 0 Å². The summed E-state index contributed by atoms with van der Waals surface area (Å²) in [6.07, 6.45) is 3.05. The van der Waals surface area contributed by atoms with Crippen molar-refractivity contribution in [1.82, 2.24) is 15.3 Å². The zero-order chi connectivity index (χ0) is 19.2. The number of anilines is 2. The third-order valence-electron chi connectivity index (χ3n) is 4.43. The second-order valence-electron chi connectivity index (χ2n) is 6.80. The molecule has 2 N–H and O–H groups in total. The molecule has 0 saturated carbocycles. The fourth-order valence-electron chi connectivity index (χ4n) is 2.68. The van der Waals surface area contributed by atoms with Gasteiger partial charge in [0.05, 0.1) is 12.4 Å². The van der Waals surface area contributed by atoms with Crippen LogP contribution in [0.5, 0.6) is 0 Å². The molecule has 1 aromatic heterocycles. The van der Waals surface area contributed by atoms with E-state index in [0.717, 1.165) is 16.8 Å². The van der Waals surface area contributed by atoms with E-state index in [1.54, 1.807) is 6.20 Å². The Kier molecular flexibility index (Phi) is 5.81. The van der Waals surface area contributed by atoms with Crippen molar-refractivity contribution in [3.05, 3.63) is 83.3 Å². The van der Waals surface area contributed by atoms with Crippen LogP contribution in [0.3, 0.4) is 0 Å². The Hall–Kier alpha value is -3.21. The van der Waals surface area contributed by atoms with Crippen LogP contribution in [0.25, 0.3) is 0 Å². The smallest absolute Gasteiger partial charge is 0.271 e. The second-order valence-corrected chi connectivity index (χ2v) is 6.80. The van der Waals surface area contributed by atoms with Gasteiger partial charge in [0.15, 0.2) is 0 Å². The molecule has 1 amide bonds. The van der Waals surface area contributed by atoms with E-state index in [-0.39, 0.29) is 5.91 Å². The monoisotopic (exact) mass is 360 g/mol. The van der Waals surface area contributed by atoms with Gasteiger partial charge < -0.3 is 10.6 Å². The lowest BCUT2D eigenvalue weighted by molar-refractivity contribution is 0.0945. The van der Waals surface area contributed by atoms with Crippen molar-refractivity contribution < 1.29 is 4.79 Å². The quantitative estimate of drug-likeness (QED) is 0.675. The SMILES string of the molecule is Cc1ccccc1CNC(=O)c1cnc(Nc2ccc(C(C)C)cc2)cn1. The molecule has 0 spiro atoms. The lowest BCUT2D eigenvalue weighted by atomic mass is 10.0. The van der Waals surface area contributed by atoms with Gasteiger partial charge in [0.1, 0.15) is 11.5 Å². The molecule has 0 unspecified atom stereocenters. The molecular formula is C22H24N4O. The third kappa shape index (κ3) is 4.91. The van der Waals surface area contributed by atoms with Crippen LogP contribution in [0.1, 0.15) is 46.9 Å². The molecule has 2 aromatic carbocycles. The first-order valence-electron chi connectivity index (χ1n) is 9.04. The van der Waals surface area contributed by atoms with Gasteiger partial charge in [-0.3, -0.25) is 4.79 Å². The Morgan fingerprint density at radius 2 is 1.74 bits per heavy atom. The predicted molar refractivity (Wildman–Crippen MR) is 108 cm³/mol. The molecule has 0 fully saturated rings. The molecule has 5 heteroatoms. The van der Waals surface area contributed by atoms with Gasteiger partial charge in [0.2, 0.25) is 0 Å². The van der Waals surface area contributed by atoms with E-state index in [1.807, 2.05) is 43.3 Å². The van der Waals surface area contributed by atoms with Crippen LogP contribution in [0, 0.1) is 6.92 Å². The normalized spacial score (nSPS) is 10.7. The van der Waals surface area contributed by atoms with Crippen molar-refractivity contribution in [1.29, 1.82) is 0 Å². The van der Waals surface area contributed by atoms with E-state index in [2.05, 4.69) is 46.6 Å². The van der Waals surface area contributed by atoms with Gasteiger partial charge in [-0.1, -0.05) is 50.2 Å². The van der Waals surface area contributed by atoms with Crippen LogP contribution in [-0.2, 0) is 6.54 Å². The van der Waals surface area contributed by atoms with Gasteiger partial charge in [0.25, 0.3) is 5.91 Å². The Bertz CT molecular complexity index is 902. The summed E-state index contributed by atoms with van der Waals surface area (Å²) < 4.78 is 0. The van der Waals surface area contributed by atoms with Crippen LogP contribution in [0.4, 0.5) is 11.5 Å². The zero-order valence-electron chi connectivity index (χ0n) is 15.9. The zero-order valence-corrected chi connectivity index (χ0v) is 15.9. The number of carbonyl (C=O) groups excluding carboxylic acids is 1. The highest BCUT2D eigenvalue weighted by Crippen LogP contribution is 2.19. The first-order chi connectivity index (χ1) is 13.0. The fraction of sp³-hybridized carbons (Fsp3) is 0.227. The summed E-state index contributed by atoms with van der Waals surface area (Å²) >= 11 is 0. The number of hydrogen-bond donors (Lipinski definition) is 2. The van der Waals surface area contributed by atoms with Gasteiger partial charge >= 0.3 is 0 Å². The molecule has 1 heterocycles. The summed E-state index contributed by atoms with van der Waals surface area (Å²) in [5.41, 5.74) is 4.75. The Balaban J connectivity index is 1.59. The van der Waals surface area contributed by atoms with Crippen LogP contribution < -0.4 is 10.6 Å². The topological polar surface area (TPSA) is 66.9 Å². The van der Waals surface area contributed by atoms with Crippen molar-refractivity contribution in [3.8, 4) is 0 Å². The second kappa shape index (κ2) is 8.45. The molecule has 3 rings (SSSR count). The number of benzene rings is 2. The first kappa shape index (κ1) is 18.6. The maximum absolute atomic E-state index is 12.3. The minimum atomic E-state index is -0.237. The van der Waals surface area contributed by atoms with E-state index in [1.165, 1.54) is 11.8 Å². The summed E-state index contributed by atoms with van der Waals surface area (Å²) in [5.74, 6) is 0.859. The molecule has 27 heavy (non-hydrogen) atoms. The molecule has 0 bridgehead atoms. The summed E-state index contributed by atoms with van der Waals surface area (Å²) in [7, 11) is 0. The highest BCUT2D eigenvalue weighted by Gasteiger charge is 2.09. The predicted octanol–water partition coefficient (Wildman–Crippen LogP) is 4.58. The summed E-state index contributed by atoms with van der Waals surface area (Å²) in [6.45, 7) is 6.82. The number of aryl methyl sites for hydroxylation is 1. The van der Waals surface area contributed by atoms with Gasteiger partial charge in [-0.15, -0.1) is 0 Å². The van der Waals surface area contributed by atoms with E-state index in [4.69, 9.17) is 0 Å². The molecule has 3 aromatic rings. The minimum Gasteiger partial charge on any atom is -0.347 e. The lowest BCUT2D eigenvalue weighted by Gasteiger charge is -2.09. The summed E-state index contributed by atoms with van der Waals surface area (Å²) in [6, 6.07) is 16.2. The average Bonchev–Trinajstić information content (AvgIpc) is 2.68. The van der Waals surface area contributed by atoms with E-state index in [0.29, 0.717) is 24.0 Å². The minimum absolute atomic E-state index is 0.237. The molecule has 0 aliphatic rings. The van der Waals surface area contributed by atoms with Crippen LogP contribution >= 0.6 is 0 Å². The van der Waals surface area contributed by atoms with Crippen LogP contribution in [-0.4, -0.2) is 15.9 Å². The maximum atomic E-state index is 12.3. The van der Waals surface area contributed by atoms with Crippen molar-refractivity contribution in [2.24, 2.45) is 0 Å². The Morgan fingerprint density at radius 3 is 2.37 bits per heavy atom. The number of amides is 1. The van der Waals surface area contributed by atoms with Gasteiger partial charge in [-0.25, -0.2) is 9.97 Å². The first-order valence-corrected chi connectivity index (χ1v) is 9.04. The number of nitrogens with one attached hydrogen (secondary N) is 2. The van der Waals surface area contributed by atoms with E-state index >= 15 is 0 Å². The molecule has 5 nitrogen and oxygen atoms in total. The molecule has 0 aliphatic carbocycles. The van der Waals surface area contributed by atoms with Crippen LogP contribution in [0.2, 0.25) is 0 Å². The number of rotatable bonds is 6. The highest BCUT2D eigenvalue weighted by molar-refractivity contribution is 5.92. The standard InChI is InChI=1S/C22H24N4O/c1-15(2)17-8-10-19(11-9-17)26-21-14-23-20(13-24-21)22(27)25-12-18-7-5-4-6-16(18)3/h4-11,13-15H,12H2,1-3H3,(H,24,26)(H,25,27). The van der Waals surface area contributed by atoms with Crippen molar-refractivity contribution in [2.75, 3.05) is 5.32 Å². The average molecular weight is 360 g/mol. The van der Waals surface area contributed by atoms with Gasteiger partial charge in [0, 0.05) is 12.2 Å². The van der Waals surface area contributed by atoms with Crippen LogP contribution in [0.15, 0.2) is 60.9 Å². The van der Waals surface area contributed by atoms with Crippen molar-refractivity contribution >= 4 is 17.4 Å². The molecule has 138 valence electrons. The van der Waals surface area contributed by atoms with Gasteiger partial charge in [-0.2, -0.15) is 0 Å². The largest absolute Gasteiger partial charge is 0.347 e. The van der Waals surface area contributed by atoms with E-state index < -0.39 is 0 Å². The molecule has 0 atom stereocenters. The van der Waals surface area contributed by atoms with E-state index in [9.17, 15) is 4.79 Å². The molecule has 0 saturated heterocycles. The number of carbonyl (C=O) groups is 1. The number of nitrogens with zero attached hydrogens (tertiary/aromatic N) is 2. The molecular weight excluding hydrogens is 336 g/mol. The maximum Gasteiger partial charge on any atom is 0.271 e. The number of aromatic nitrogens is 2. The number of hydrogen-bond acceptors (Lipinski definition) is 4.